The Bertz CT molecular complexity index is 436. The normalized spacial score (nSPS) is 17.6. The van der Waals surface area contributed by atoms with Gasteiger partial charge in [0.25, 0.3) is 0 Å². The van der Waals surface area contributed by atoms with Crippen LogP contribution in [0.3, 0.4) is 0 Å². The van der Waals surface area contributed by atoms with E-state index in [9.17, 15) is 9.18 Å². The lowest BCUT2D eigenvalue weighted by atomic mass is 9.75. The second-order valence-corrected chi connectivity index (χ2v) is 4.77. The van der Waals surface area contributed by atoms with E-state index in [1.54, 1.807) is 12.1 Å². The third kappa shape index (κ3) is 2.22. The number of hydrogen-bond donors (Lipinski definition) is 0. The fourth-order valence-electron chi connectivity index (χ4n) is 2.11. The SMILES string of the molecule is COC1(C(=O)Cc2cccc(Cl)c2F)CCC1. The summed E-state index contributed by atoms with van der Waals surface area (Å²) in [7, 11) is 1.53. The lowest BCUT2D eigenvalue weighted by molar-refractivity contribution is -0.151. The Morgan fingerprint density at radius 3 is 2.76 bits per heavy atom. The molecule has 0 amide bonds. The van der Waals surface area contributed by atoms with Gasteiger partial charge in [0.15, 0.2) is 5.78 Å². The first-order valence-corrected chi connectivity index (χ1v) is 5.98. The molecule has 0 atom stereocenters. The summed E-state index contributed by atoms with van der Waals surface area (Å²) in [6, 6.07) is 4.70. The van der Waals surface area contributed by atoms with Crippen LogP contribution in [0.1, 0.15) is 24.8 Å². The van der Waals surface area contributed by atoms with Gasteiger partial charge in [0.2, 0.25) is 0 Å². The minimum Gasteiger partial charge on any atom is -0.370 e. The van der Waals surface area contributed by atoms with Crippen molar-refractivity contribution in [2.45, 2.75) is 31.3 Å². The monoisotopic (exact) mass is 256 g/mol. The van der Waals surface area contributed by atoms with Crippen LogP contribution >= 0.6 is 11.6 Å². The molecule has 0 saturated heterocycles. The summed E-state index contributed by atoms with van der Waals surface area (Å²) in [5, 5.41) is 0.0513. The van der Waals surface area contributed by atoms with Crippen molar-refractivity contribution in [3.63, 3.8) is 0 Å². The first-order valence-electron chi connectivity index (χ1n) is 5.60. The van der Waals surface area contributed by atoms with Gasteiger partial charge < -0.3 is 4.74 Å². The molecule has 4 heteroatoms. The Balaban J connectivity index is 2.16. The van der Waals surface area contributed by atoms with Crippen LogP contribution in [0.4, 0.5) is 4.39 Å². The van der Waals surface area contributed by atoms with Crippen molar-refractivity contribution in [1.82, 2.24) is 0 Å². The fourth-order valence-corrected chi connectivity index (χ4v) is 2.31. The molecule has 0 N–H and O–H groups in total. The molecule has 0 bridgehead atoms. The van der Waals surface area contributed by atoms with Gasteiger partial charge in [-0.3, -0.25) is 4.79 Å². The van der Waals surface area contributed by atoms with E-state index in [4.69, 9.17) is 16.3 Å². The summed E-state index contributed by atoms with van der Waals surface area (Å²) in [4.78, 5) is 12.1. The minimum absolute atomic E-state index is 0.0419. The van der Waals surface area contributed by atoms with Crippen molar-refractivity contribution in [2.75, 3.05) is 7.11 Å². The zero-order valence-corrected chi connectivity index (χ0v) is 10.4. The second-order valence-electron chi connectivity index (χ2n) is 4.36. The maximum absolute atomic E-state index is 13.7. The summed E-state index contributed by atoms with van der Waals surface area (Å²) in [6.07, 6.45) is 2.48. The van der Waals surface area contributed by atoms with Gasteiger partial charge in [-0.1, -0.05) is 23.7 Å². The van der Waals surface area contributed by atoms with Gasteiger partial charge in [0.05, 0.1) is 5.02 Å². The van der Waals surface area contributed by atoms with Crippen LogP contribution in [-0.2, 0) is 16.0 Å². The molecule has 0 aromatic heterocycles. The van der Waals surface area contributed by atoms with Crippen molar-refractivity contribution in [3.05, 3.63) is 34.6 Å². The molecule has 92 valence electrons. The summed E-state index contributed by atoms with van der Waals surface area (Å²) in [5.41, 5.74) is -0.347. The van der Waals surface area contributed by atoms with E-state index >= 15 is 0 Å². The second kappa shape index (κ2) is 4.75. The number of carbonyl (C=O) groups is 1. The molecule has 1 saturated carbocycles. The molecule has 1 aromatic rings. The first kappa shape index (κ1) is 12.5. The number of hydrogen-bond acceptors (Lipinski definition) is 2. The molecule has 17 heavy (non-hydrogen) atoms. The quantitative estimate of drug-likeness (QED) is 0.827. The van der Waals surface area contributed by atoms with E-state index in [-0.39, 0.29) is 17.2 Å². The number of rotatable bonds is 4. The van der Waals surface area contributed by atoms with Crippen molar-refractivity contribution >= 4 is 17.4 Å². The summed E-state index contributed by atoms with van der Waals surface area (Å²) in [6.45, 7) is 0. The van der Waals surface area contributed by atoms with Gasteiger partial charge in [-0.15, -0.1) is 0 Å². The van der Waals surface area contributed by atoms with Gasteiger partial charge in [0, 0.05) is 13.5 Å². The van der Waals surface area contributed by atoms with Gasteiger partial charge >= 0.3 is 0 Å². The molecule has 1 aliphatic rings. The van der Waals surface area contributed by atoms with E-state index in [0.717, 1.165) is 19.3 Å². The Kier molecular flexibility index (Phi) is 3.50. The Morgan fingerprint density at radius 1 is 1.53 bits per heavy atom. The number of ether oxygens (including phenoxy) is 1. The highest BCUT2D eigenvalue weighted by molar-refractivity contribution is 6.30. The molecule has 0 heterocycles. The summed E-state index contributed by atoms with van der Waals surface area (Å²) < 4.78 is 18.9. The minimum atomic E-state index is -0.686. The highest BCUT2D eigenvalue weighted by atomic mass is 35.5. The predicted molar refractivity (Wildman–Crippen MR) is 63.7 cm³/mol. The van der Waals surface area contributed by atoms with Crippen molar-refractivity contribution in [1.29, 1.82) is 0 Å². The lowest BCUT2D eigenvalue weighted by Crippen LogP contribution is -2.47. The van der Waals surface area contributed by atoms with Crippen LogP contribution in [-0.4, -0.2) is 18.5 Å². The zero-order valence-electron chi connectivity index (χ0n) is 9.63. The number of halogens is 2. The number of benzene rings is 1. The zero-order chi connectivity index (χ0) is 12.5. The molecule has 2 rings (SSSR count). The van der Waals surface area contributed by atoms with E-state index < -0.39 is 11.4 Å². The molecule has 1 aliphatic carbocycles. The predicted octanol–water partition coefficient (Wildman–Crippen LogP) is 3.16. The Labute approximate surface area is 105 Å². The smallest absolute Gasteiger partial charge is 0.169 e. The number of methoxy groups -OCH3 is 1. The van der Waals surface area contributed by atoms with E-state index in [0.29, 0.717) is 5.56 Å². The van der Waals surface area contributed by atoms with Crippen molar-refractivity contribution in [3.8, 4) is 0 Å². The molecular formula is C13H14ClFO2. The molecule has 2 nitrogen and oxygen atoms in total. The van der Waals surface area contributed by atoms with Crippen LogP contribution in [0.15, 0.2) is 18.2 Å². The van der Waals surface area contributed by atoms with Crippen molar-refractivity contribution in [2.24, 2.45) is 0 Å². The molecule has 0 unspecified atom stereocenters. The number of ketones is 1. The van der Waals surface area contributed by atoms with Crippen LogP contribution in [0.2, 0.25) is 5.02 Å². The van der Waals surface area contributed by atoms with Crippen LogP contribution in [0, 0.1) is 5.82 Å². The third-order valence-electron chi connectivity index (χ3n) is 3.44. The Morgan fingerprint density at radius 2 is 2.24 bits per heavy atom. The van der Waals surface area contributed by atoms with Gasteiger partial charge in [0.1, 0.15) is 11.4 Å². The van der Waals surface area contributed by atoms with Crippen LogP contribution in [0.25, 0.3) is 0 Å². The number of carbonyl (C=O) groups excluding carboxylic acids is 1. The third-order valence-corrected chi connectivity index (χ3v) is 3.73. The molecule has 0 radical (unpaired) electrons. The van der Waals surface area contributed by atoms with Crippen LogP contribution in [0.5, 0.6) is 0 Å². The maximum Gasteiger partial charge on any atom is 0.169 e. The van der Waals surface area contributed by atoms with Gasteiger partial charge in [-0.25, -0.2) is 4.39 Å². The lowest BCUT2D eigenvalue weighted by Gasteiger charge is -2.38. The average Bonchev–Trinajstić information content (AvgIpc) is 2.24. The molecule has 1 fully saturated rings. The Hall–Kier alpha value is -0.930. The van der Waals surface area contributed by atoms with E-state index in [1.807, 2.05) is 0 Å². The molecular weight excluding hydrogens is 243 g/mol. The van der Waals surface area contributed by atoms with Gasteiger partial charge in [-0.05, 0) is 30.9 Å². The summed E-state index contributed by atoms with van der Waals surface area (Å²) >= 11 is 5.68. The van der Waals surface area contributed by atoms with Crippen molar-refractivity contribution < 1.29 is 13.9 Å². The fraction of sp³-hybridized carbons (Fsp3) is 0.462. The first-order chi connectivity index (χ1) is 8.09. The van der Waals surface area contributed by atoms with E-state index in [1.165, 1.54) is 13.2 Å². The largest absolute Gasteiger partial charge is 0.370 e. The molecule has 0 aliphatic heterocycles. The number of Topliss-reactive ketones (excluding diaryl/α,β-unsaturated/α-hetero) is 1. The maximum atomic E-state index is 13.7. The topological polar surface area (TPSA) is 26.3 Å². The highest BCUT2D eigenvalue weighted by Gasteiger charge is 2.43. The van der Waals surface area contributed by atoms with E-state index in [2.05, 4.69) is 0 Å². The van der Waals surface area contributed by atoms with Gasteiger partial charge in [-0.2, -0.15) is 0 Å². The molecule has 1 aromatic carbocycles. The standard InChI is InChI=1S/C13H14ClFO2/c1-17-13(6-3-7-13)11(16)8-9-4-2-5-10(14)12(9)15/h2,4-5H,3,6-8H2,1H3. The van der Waals surface area contributed by atoms with Crippen LogP contribution < -0.4 is 0 Å². The average molecular weight is 257 g/mol. The molecule has 0 spiro atoms. The highest BCUT2D eigenvalue weighted by Crippen LogP contribution is 2.37. The summed E-state index contributed by atoms with van der Waals surface area (Å²) in [5.74, 6) is -0.569.